The number of rotatable bonds is 37. The van der Waals surface area contributed by atoms with Gasteiger partial charge < -0.3 is 20.1 Å². The first-order valence-corrected chi connectivity index (χ1v) is 21.2. The molecule has 2 atom stereocenters. The number of nitrogens with two attached hydrogens (primary N) is 1. The smallest absolute Gasteiger partial charge is 0.462 e. The summed E-state index contributed by atoms with van der Waals surface area (Å²) in [4.78, 5) is 34.7. The summed E-state index contributed by atoms with van der Waals surface area (Å²) in [5, 5.41) is 0. The molecule has 0 aromatic heterocycles. The molecular weight excluding hydrogens is 629 g/mol. The third-order valence-electron chi connectivity index (χ3n) is 8.40. The number of ether oxygens (including phenoxy) is 2. The minimum absolute atomic E-state index is 0.0546. The number of unbranched alkanes of at least 4 members (excludes halogenated alkanes) is 22. The monoisotopic (exact) mass is 704 g/mol. The second kappa shape index (κ2) is 35.6. The molecule has 0 saturated heterocycles. The summed E-state index contributed by atoms with van der Waals surface area (Å²) in [6.45, 7) is 3.72. The van der Waals surface area contributed by atoms with Crippen LogP contribution in [0.1, 0.15) is 187 Å². The first-order valence-electron chi connectivity index (χ1n) is 19.7. The number of hydrogen-bond acceptors (Lipinski definition) is 8. The fourth-order valence-corrected chi connectivity index (χ4v) is 6.22. The lowest BCUT2D eigenvalue weighted by Gasteiger charge is -2.19. The average molecular weight is 704 g/mol. The van der Waals surface area contributed by atoms with E-state index in [1.54, 1.807) is 0 Å². The van der Waals surface area contributed by atoms with Gasteiger partial charge in [-0.05, 0) is 38.5 Å². The number of carbonyl (C=O) groups is 2. The molecule has 0 fully saturated rings. The standard InChI is InChI=1S/C38H74NO8P/c1-3-5-7-9-11-13-15-17-19-21-23-25-27-29-31-38(41)47-36(35-46-48(42,43)45-33-32-39)34-44-37(40)30-28-26-24-22-20-18-16-14-12-10-8-6-4-2/h15,17,36H,3-14,16,18-35,39H2,1-2H3,(H,42,43)/b17-15-. The molecule has 0 rings (SSSR count). The van der Waals surface area contributed by atoms with Crippen molar-refractivity contribution in [1.82, 2.24) is 0 Å². The van der Waals surface area contributed by atoms with Crippen LogP contribution in [0.3, 0.4) is 0 Å². The maximum Gasteiger partial charge on any atom is 0.472 e. The molecule has 0 aromatic carbocycles. The minimum Gasteiger partial charge on any atom is -0.462 e. The normalized spacial score (nSPS) is 13.5. The summed E-state index contributed by atoms with van der Waals surface area (Å²) >= 11 is 0. The molecule has 3 N–H and O–H groups in total. The largest absolute Gasteiger partial charge is 0.472 e. The van der Waals surface area contributed by atoms with E-state index in [0.29, 0.717) is 6.42 Å². The van der Waals surface area contributed by atoms with Crippen molar-refractivity contribution in [3.63, 3.8) is 0 Å². The van der Waals surface area contributed by atoms with Crippen LogP contribution in [-0.2, 0) is 32.7 Å². The highest BCUT2D eigenvalue weighted by Crippen LogP contribution is 2.43. The van der Waals surface area contributed by atoms with Crippen molar-refractivity contribution in [1.29, 1.82) is 0 Å². The predicted molar refractivity (Wildman–Crippen MR) is 197 cm³/mol. The zero-order chi connectivity index (χ0) is 35.4. The van der Waals surface area contributed by atoms with Crippen molar-refractivity contribution >= 4 is 19.8 Å². The lowest BCUT2D eigenvalue weighted by molar-refractivity contribution is -0.161. The molecular formula is C38H74NO8P. The van der Waals surface area contributed by atoms with Crippen molar-refractivity contribution in [2.24, 2.45) is 5.73 Å². The molecule has 0 radical (unpaired) electrons. The minimum atomic E-state index is -4.37. The summed E-state index contributed by atoms with van der Waals surface area (Å²) in [5.41, 5.74) is 5.33. The van der Waals surface area contributed by atoms with Gasteiger partial charge in [-0.2, -0.15) is 0 Å². The number of carbonyl (C=O) groups excluding carboxylic acids is 2. The van der Waals surface area contributed by atoms with E-state index in [9.17, 15) is 19.0 Å². The Morgan fingerprint density at radius 3 is 1.48 bits per heavy atom. The quantitative estimate of drug-likeness (QED) is 0.0280. The SMILES string of the molecule is CCCCCCC/C=C\CCCCCCCC(=O)OC(COC(=O)CCCCCCCCCCCCCCC)COP(=O)(O)OCCN. The van der Waals surface area contributed by atoms with Crippen LogP contribution < -0.4 is 5.73 Å². The van der Waals surface area contributed by atoms with Crippen molar-refractivity contribution < 1.29 is 37.6 Å². The summed E-state index contributed by atoms with van der Waals surface area (Å²) in [7, 11) is -4.37. The fourth-order valence-electron chi connectivity index (χ4n) is 5.45. The van der Waals surface area contributed by atoms with E-state index in [2.05, 4.69) is 26.0 Å². The topological polar surface area (TPSA) is 134 Å². The molecule has 0 spiro atoms. The van der Waals surface area contributed by atoms with Crippen LogP contribution in [0.25, 0.3) is 0 Å². The Balaban J connectivity index is 4.20. The number of phosphoric ester groups is 1. The van der Waals surface area contributed by atoms with Gasteiger partial charge in [0.15, 0.2) is 6.10 Å². The summed E-state index contributed by atoms with van der Waals surface area (Å²) < 4.78 is 32.7. The van der Waals surface area contributed by atoms with Gasteiger partial charge in [-0.1, -0.05) is 148 Å². The van der Waals surface area contributed by atoms with Crippen LogP contribution in [-0.4, -0.2) is 49.3 Å². The molecule has 48 heavy (non-hydrogen) atoms. The van der Waals surface area contributed by atoms with Gasteiger partial charge in [-0.15, -0.1) is 0 Å². The second-order valence-corrected chi connectivity index (χ2v) is 14.6. The van der Waals surface area contributed by atoms with Crippen LogP contribution >= 0.6 is 7.82 Å². The zero-order valence-electron chi connectivity index (χ0n) is 31.0. The Hall–Kier alpha value is -1.25. The number of hydrogen-bond donors (Lipinski definition) is 2. The van der Waals surface area contributed by atoms with Gasteiger partial charge in [-0.3, -0.25) is 18.6 Å². The van der Waals surface area contributed by atoms with Gasteiger partial charge in [-0.25, -0.2) is 4.57 Å². The molecule has 0 heterocycles. The summed E-state index contributed by atoms with van der Waals surface area (Å²) in [6, 6.07) is 0. The first kappa shape index (κ1) is 46.8. The lowest BCUT2D eigenvalue weighted by Crippen LogP contribution is -2.29. The van der Waals surface area contributed by atoms with E-state index >= 15 is 0 Å². The molecule has 0 bridgehead atoms. The molecule has 0 aliphatic carbocycles. The van der Waals surface area contributed by atoms with Crippen molar-refractivity contribution in [2.45, 2.75) is 193 Å². The first-order chi connectivity index (χ1) is 23.3. The molecule has 0 saturated carbocycles. The molecule has 10 heteroatoms. The van der Waals surface area contributed by atoms with Gasteiger partial charge >= 0.3 is 19.8 Å². The predicted octanol–water partition coefficient (Wildman–Crippen LogP) is 10.7. The Kier molecular flexibility index (Phi) is 34.6. The Morgan fingerprint density at radius 1 is 0.604 bits per heavy atom. The third-order valence-corrected chi connectivity index (χ3v) is 9.39. The van der Waals surface area contributed by atoms with Gasteiger partial charge in [0.25, 0.3) is 0 Å². The molecule has 0 amide bonds. The lowest BCUT2D eigenvalue weighted by atomic mass is 10.0. The van der Waals surface area contributed by atoms with Gasteiger partial charge in [0.05, 0.1) is 13.2 Å². The summed E-state index contributed by atoms with van der Waals surface area (Å²) in [5.74, 6) is -0.832. The van der Waals surface area contributed by atoms with E-state index in [4.69, 9.17) is 24.3 Å². The fraction of sp³-hybridized carbons (Fsp3) is 0.895. The van der Waals surface area contributed by atoms with E-state index in [0.717, 1.165) is 51.4 Å². The maximum absolute atomic E-state index is 12.5. The molecule has 0 aliphatic rings. The molecule has 9 nitrogen and oxygen atoms in total. The molecule has 284 valence electrons. The highest BCUT2D eigenvalue weighted by Gasteiger charge is 2.25. The van der Waals surface area contributed by atoms with E-state index in [1.807, 2.05) is 0 Å². The van der Waals surface area contributed by atoms with E-state index in [1.165, 1.54) is 103 Å². The highest BCUT2D eigenvalue weighted by atomic mass is 31.2. The van der Waals surface area contributed by atoms with Crippen LogP contribution in [0.4, 0.5) is 0 Å². The van der Waals surface area contributed by atoms with Crippen molar-refractivity contribution in [2.75, 3.05) is 26.4 Å². The Bertz CT molecular complexity index is 810. The van der Waals surface area contributed by atoms with Crippen molar-refractivity contribution in [3.8, 4) is 0 Å². The van der Waals surface area contributed by atoms with Gasteiger partial charge in [0.2, 0.25) is 0 Å². The van der Waals surface area contributed by atoms with Crippen LogP contribution in [0.2, 0.25) is 0 Å². The average Bonchev–Trinajstić information content (AvgIpc) is 3.07. The van der Waals surface area contributed by atoms with Crippen LogP contribution in [0.5, 0.6) is 0 Å². The number of allylic oxidation sites excluding steroid dienone is 2. The summed E-state index contributed by atoms with van der Waals surface area (Å²) in [6.07, 6.45) is 33.8. The number of esters is 2. The van der Waals surface area contributed by atoms with Crippen molar-refractivity contribution in [3.05, 3.63) is 12.2 Å². The maximum atomic E-state index is 12.5. The zero-order valence-corrected chi connectivity index (χ0v) is 31.9. The second-order valence-electron chi connectivity index (χ2n) is 13.2. The van der Waals surface area contributed by atoms with Gasteiger partial charge in [0, 0.05) is 19.4 Å². The highest BCUT2D eigenvalue weighted by molar-refractivity contribution is 7.47. The molecule has 0 aromatic rings. The van der Waals surface area contributed by atoms with E-state index < -0.39 is 26.5 Å². The van der Waals surface area contributed by atoms with E-state index in [-0.39, 0.29) is 38.6 Å². The Morgan fingerprint density at radius 2 is 1.02 bits per heavy atom. The van der Waals surface area contributed by atoms with Crippen LogP contribution in [0.15, 0.2) is 12.2 Å². The Labute approximate surface area is 294 Å². The molecule has 0 aliphatic heterocycles. The number of phosphoric acid groups is 1. The third kappa shape index (κ3) is 34.6. The molecule has 2 unspecified atom stereocenters. The van der Waals surface area contributed by atoms with Crippen LogP contribution in [0, 0.1) is 0 Å². The van der Waals surface area contributed by atoms with Gasteiger partial charge in [0.1, 0.15) is 6.61 Å².